The molecule has 0 saturated heterocycles. The van der Waals surface area contributed by atoms with Crippen LogP contribution in [0, 0.1) is 0 Å². The van der Waals surface area contributed by atoms with Crippen LogP contribution in [0.25, 0.3) is 0 Å². The molecule has 0 aliphatic heterocycles. The maximum atomic E-state index is 5.77. The van der Waals surface area contributed by atoms with Gasteiger partial charge in [0.2, 0.25) is 0 Å². The molecule has 0 fully saturated rings. The number of ether oxygens (including phenoxy) is 1. The number of aryl methyl sites for hydroxylation is 1. The zero-order valence-electron chi connectivity index (χ0n) is 11.7. The predicted molar refractivity (Wildman–Crippen MR) is 85.7 cm³/mol. The van der Waals surface area contributed by atoms with Gasteiger partial charge >= 0.3 is 0 Å². The number of hydrogen-bond donors (Lipinski definition) is 2. The summed E-state index contributed by atoms with van der Waals surface area (Å²) >= 11 is 3.46. The molecule has 0 spiro atoms. The molecular weight excluding hydrogens is 316 g/mol. The van der Waals surface area contributed by atoms with Crippen molar-refractivity contribution in [2.45, 2.75) is 19.4 Å². The van der Waals surface area contributed by atoms with Crippen molar-refractivity contribution < 1.29 is 4.74 Å². The molecule has 20 heavy (non-hydrogen) atoms. The molecule has 3 N–H and O–H groups in total. The van der Waals surface area contributed by atoms with Crippen LogP contribution in [0.15, 0.2) is 46.9 Å². The van der Waals surface area contributed by atoms with E-state index in [2.05, 4.69) is 52.5 Å². The van der Waals surface area contributed by atoms with Crippen molar-refractivity contribution in [1.29, 1.82) is 0 Å². The summed E-state index contributed by atoms with van der Waals surface area (Å²) in [5, 5.41) is 0. The van der Waals surface area contributed by atoms with Crippen LogP contribution in [0.2, 0.25) is 0 Å². The monoisotopic (exact) mass is 334 g/mol. The molecule has 3 nitrogen and oxygen atoms in total. The largest absolute Gasteiger partial charge is 0.496 e. The Hall–Kier alpha value is -1.36. The molecule has 0 aliphatic rings. The first-order valence-electron chi connectivity index (χ1n) is 6.58. The van der Waals surface area contributed by atoms with E-state index in [0.29, 0.717) is 0 Å². The Kier molecular flexibility index (Phi) is 5.17. The van der Waals surface area contributed by atoms with Crippen molar-refractivity contribution in [3.8, 4) is 5.75 Å². The van der Waals surface area contributed by atoms with E-state index in [1.54, 1.807) is 7.11 Å². The van der Waals surface area contributed by atoms with Gasteiger partial charge in [-0.25, -0.2) is 5.43 Å². The average Bonchev–Trinajstić information content (AvgIpc) is 2.49. The van der Waals surface area contributed by atoms with E-state index in [4.69, 9.17) is 10.6 Å². The third-order valence-electron chi connectivity index (χ3n) is 3.37. The predicted octanol–water partition coefficient (Wildman–Crippen LogP) is 3.57. The van der Waals surface area contributed by atoms with Crippen LogP contribution in [0.1, 0.15) is 29.7 Å². The summed E-state index contributed by atoms with van der Waals surface area (Å²) in [7, 11) is 1.67. The van der Waals surface area contributed by atoms with Crippen LogP contribution in [-0.2, 0) is 6.42 Å². The van der Waals surface area contributed by atoms with Crippen molar-refractivity contribution in [2.75, 3.05) is 7.11 Å². The summed E-state index contributed by atoms with van der Waals surface area (Å²) in [6, 6.07) is 14.3. The first kappa shape index (κ1) is 15.0. The standard InChI is InChI=1S/C16H19BrN2O/c1-3-11-5-4-6-12(9-11)16(19-18)14-8-7-13(17)10-15(14)20-2/h4-10,16,19H,3,18H2,1-2H3. The summed E-state index contributed by atoms with van der Waals surface area (Å²) in [6.45, 7) is 2.14. The highest BCUT2D eigenvalue weighted by molar-refractivity contribution is 9.10. The highest BCUT2D eigenvalue weighted by Gasteiger charge is 2.17. The summed E-state index contributed by atoms with van der Waals surface area (Å²) in [4.78, 5) is 0. The van der Waals surface area contributed by atoms with E-state index in [9.17, 15) is 0 Å². The lowest BCUT2D eigenvalue weighted by atomic mass is 9.96. The molecule has 1 unspecified atom stereocenters. The maximum absolute atomic E-state index is 5.77. The van der Waals surface area contributed by atoms with Crippen LogP contribution in [0.5, 0.6) is 5.75 Å². The summed E-state index contributed by atoms with van der Waals surface area (Å²) in [5.74, 6) is 6.58. The minimum Gasteiger partial charge on any atom is -0.496 e. The van der Waals surface area contributed by atoms with E-state index in [0.717, 1.165) is 27.8 Å². The van der Waals surface area contributed by atoms with Crippen LogP contribution in [0.3, 0.4) is 0 Å². The van der Waals surface area contributed by atoms with E-state index in [1.165, 1.54) is 5.56 Å². The summed E-state index contributed by atoms with van der Waals surface area (Å²) in [6.07, 6.45) is 1.00. The normalized spacial score (nSPS) is 12.2. The second kappa shape index (κ2) is 6.88. The van der Waals surface area contributed by atoms with Crippen molar-refractivity contribution in [3.63, 3.8) is 0 Å². The van der Waals surface area contributed by atoms with Gasteiger partial charge in [-0.3, -0.25) is 5.84 Å². The number of hydrazine groups is 1. The molecule has 2 aromatic rings. The molecule has 2 rings (SSSR count). The van der Waals surface area contributed by atoms with Gasteiger partial charge in [-0.2, -0.15) is 0 Å². The fraction of sp³-hybridized carbons (Fsp3) is 0.250. The zero-order chi connectivity index (χ0) is 14.5. The van der Waals surface area contributed by atoms with Crippen LogP contribution in [0.4, 0.5) is 0 Å². The minimum atomic E-state index is -0.0930. The van der Waals surface area contributed by atoms with E-state index >= 15 is 0 Å². The number of nitrogens with two attached hydrogens (primary N) is 1. The Labute approximate surface area is 128 Å². The smallest absolute Gasteiger partial charge is 0.125 e. The number of nitrogens with one attached hydrogen (secondary N) is 1. The van der Waals surface area contributed by atoms with Crippen molar-refractivity contribution in [2.24, 2.45) is 5.84 Å². The molecule has 106 valence electrons. The van der Waals surface area contributed by atoms with E-state index in [1.807, 2.05) is 18.2 Å². The van der Waals surface area contributed by atoms with Gasteiger partial charge in [0.1, 0.15) is 5.75 Å². The molecule has 0 saturated carbocycles. The zero-order valence-corrected chi connectivity index (χ0v) is 13.3. The second-order valence-electron chi connectivity index (χ2n) is 4.58. The van der Waals surface area contributed by atoms with Gasteiger partial charge in [-0.05, 0) is 29.7 Å². The Morgan fingerprint density at radius 3 is 2.70 bits per heavy atom. The molecule has 0 bridgehead atoms. The maximum Gasteiger partial charge on any atom is 0.125 e. The molecular formula is C16H19BrN2O. The Bertz CT molecular complexity index is 586. The summed E-state index contributed by atoms with van der Waals surface area (Å²) < 4.78 is 6.44. The first-order chi connectivity index (χ1) is 9.69. The highest BCUT2D eigenvalue weighted by Crippen LogP contribution is 2.32. The molecule has 0 radical (unpaired) electrons. The number of hydrogen-bond acceptors (Lipinski definition) is 3. The molecule has 0 heterocycles. The molecule has 1 atom stereocenters. The summed E-state index contributed by atoms with van der Waals surface area (Å²) in [5.41, 5.74) is 6.33. The van der Waals surface area contributed by atoms with Gasteiger partial charge in [0.05, 0.1) is 13.2 Å². The van der Waals surface area contributed by atoms with Crippen molar-refractivity contribution in [1.82, 2.24) is 5.43 Å². The number of halogens is 1. The molecule has 0 amide bonds. The third kappa shape index (κ3) is 3.20. The Morgan fingerprint density at radius 2 is 2.05 bits per heavy atom. The average molecular weight is 335 g/mol. The van der Waals surface area contributed by atoms with Gasteiger partial charge in [0, 0.05) is 10.0 Å². The third-order valence-corrected chi connectivity index (χ3v) is 3.86. The quantitative estimate of drug-likeness (QED) is 0.649. The fourth-order valence-electron chi connectivity index (χ4n) is 2.28. The topological polar surface area (TPSA) is 47.3 Å². The minimum absolute atomic E-state index is 0.0930. The lowest BCUT2D eigenvalue weighted by Crippen LogP contribution is -2.29. The molecule has 2 aromatic carbocycles. The van der Waals surface area contributed by atoms with Gasteiger partial charge in [0.15, 0.2) is 0 Å². The van der Waals surface area contributed by atoms with Crippen LogP contribution in [-0.4, -0.2) is 7.11 Å². The molecule has 4 heteroatoms. The molecule has 0 aliphatic carbocycles. The van der Waals surface area contributed by atoms with Gasteiger partial charge in [0.25, 0.3) is 0 Å². The molecule has 0 aromatic heterocycles. The van der Waals surface area contributed by atoms with Crippen molar-refractivity contribution in [3.05, 3.63) is 63.6 Å². The van der Waals surface area contributed by atoms with Gasteiger partial charge < -0.3 is 4.74 Å². The lowest BCUT2D eigenvalue weighted by molar-refractivity contribution is 0.404. The highest BCUT2D eigenvalue weighted by atomic mass is 79.9. The number of benzene rings is 2. The van der Waals surface area contributed by atoms with Gasteiger partial charge in [-0.1, -0.05) is 53.2 Å². The number of methoxy groups -OCH3 is 1. The second-order valence-corrected chi connectivity index (χ2v) is 5.50. The van der Waals surface area contributed by atoms with Gasteiger partial charge in [-0.15, -0.1) is 0 Å². The Balaban J connectivity index is 2.46. The fourth-order valence-corrected chi connectivity index (χ4v) is 2.62. The Morgan fingerprint density at radius 1 is 1.25 bits per heavy atom. The van der Waals surface area contributed by atoms with Crippen molar-refractivity contribution >= 4 is 15.9 Å². The van der Waals surface area contributed by atoms with Crippen LogP contribution >= 0.6 is 15.9 Å². The first-order valence-corrected chi connectivity index (χ1v) is 7.37. The SMILES string of the molecule is CCc1cccc(C(NN)c2ccc(Br)cc2OC)c1. The number of rotatable bonds is 5. The lowest BCUT2D eigenvalue weighted by Gasteiger charge is -2.20. The van der Waals surface area contributed by atoms with E-state index < -0.39 is 0 Å². The van der Waals surface area contributed by atoms with Crippen LogP contribution < -0.4 is 16.0 Å². The van der Waals surface area contributed by atoms with E-state index in [-0.39, 0.29) is 6.04 Å².